The van der Waals surface area contributed by atoms with Crippen LogP contribution in [0.25, 0.3) is 0 Å². The van der Waals surface area contributed by atoms with Crippen molar-refractivity contribution in [3.63, 3.8) is 0 Å². The Morgan fingerprint density at radius 2 is 1.90 bits per heavy atom. The zero-order chi connectivity index (χ0) is 7.23. The van der Waals surface area contributed by atoms with Crippen LogP contribution in [-0.2, 0) is 0 Å². The SMILES string of the molecule is CCPPc1ccccc1. The highest BCUT2D eigenvalue weighted by molar-refractivity contribution is 8.15. The molecule has 1 aromatic rings. The van der Waals surface area contributed by atoms with Gasteiger partial charge in [-0.1, -0.05) is 53.8 Å². The summed E-state index contributed by atoms with van der Waals surface area (Å²) in [6.45, 7) is 2.24. The fourth-order valence-electron chi connectivity index (χ4n) is 0.712. The van der Waals surface area contributed by atoms with Crippen molar-refractivity contribution in [2.45, 2.75) is 6.92 Å². The van der Waals surface area contributed by atoms with Crippen LogP contribution in [0.2, 0.25) is 0 Å². The zero-order valence-corrected chi connectivity index (χ0v) is 8.09. The van der Waals surface area contributed by atoms with Crippen LogP contribution in [0.5, 0.6) is 0 Å². The van der Waals surface area contributed by atoms with Crippen molar-refractivity contribution < 1.29 is 0 Å². The van der Waals surface area contributed by atoms with E-state index in [0.717, 1.165) is 16.5 Å². The molecule has 0 saturated carbocycles. The summed E-state index contributed by atoms with van der Waals surface area (Å²) in [6.07, 6.45) is 1.33. The molecule has 2 unspecified atom stereocenters. The first kappa shape index (κ1) is 8.18. The van der Waals surface area contributed by atoms with Gasteiger partial charge < -0.3 is 0 Å². The molecule has 0 spiro atoms. The van der Waals surface area contributed by atoms with Gasteiger partial charge in [-0.25, -0.2) is 0 Å². The minimum absolute atomic E-state index is 1.03. The van der Waals surface area contributed by atoms with Crippen molar-refractivity contribution in [2.24, 2.45) is 0 Å². The standard InChI is InChI=1S/C8H12P2/c1-2-9-10-8-6-4-3-5-7-8/h3-7,9-10H,2H2,1H3. The van der Waals surface area contributed by atoms with E-state index in [0.29, 0.717) is 0 Å². The Labute approximate surface area is 65.9 Å². The van der Waals surface area contributed by atoms with Crippen LogP contribution >= 0.6 is 16.5 Å². The van der Waals surface area contributed by atoms with E-state index >= 15 is 0 Å². The molecule has 0 aromatic heterocycles. The third-order valence-corrected chi connectivity index (χ3v) is 4.79. The van der Waals surface area contributed by atoms with Crippen LogP contribution in [0.15, 0.2) is 30.3 Å². The van der Waals surface area contributed by atoms with Crippen LogP contribution in [-0.4, -0.2) is 6.16 Å². The van der Waals surface area contributed by atoms with Crippen LogP contribution in [0.1, 0.15) is 6.92 Å². The maximum atomic E-state index is 2.24. The molecule has 0 bridgehead atoms. The van der Waals surface area contributed by atoms with Gasteiger partial charge in [-0.3, -0.25) is 0 Å². The lowest BCUT2D eigenvalue weighted by Gasteiger charge is -1.97. The number of benzene rings is 1. The average molecular weight is 170 g/mol. The van der Waals surface area contributed by atoms with Gasteiger partial charge in [-0.05, 0) is 11.5 Å². The Kier molecular flexibility index (Phi) is 3.95. The largest absolute Gasteiger partial charge is 0.0949 e. The summed E-state index contributed by atoms with van der Waals surface area (Å²) in [5.74, 6) is 0. The molecular formula is C8H12P2. The second kappa shape index (κ2) is 4.83. The van der Waals surface area contributed by atoms with Crippen LogP contribution in [0.3, 0.4) is 0 Å². The van der Waals surface area contributed by atoms with Gasteiger partial charge >= 0.3 is 0 Å². The van der Waals surface area contributed by atoms with Crippen LogP contribution < -0.4 is 5.30 Å². The molecule has 0 amide bonds. The van der Waals surface area contributed by atoms with E-state index in [1.54, 1.807) is 0 Å². The van der Waals surface area contributed by atoms with E-state index in [1.807, 2.05) is 0 Å². The molecular weight excluding hydrogens is 158 g/mol. The van der Waals surface area contributed by atoms with Crippen LogP contribution in [0.4, 0.5) is 0 Å². The molecule has 0 N–H and O–H groups in total. The van der Waals surface area contributed by atoms with Gasteiger partial charge in [0, 0.05) is 0 Å². The molecule has 0 aliphatic heterocycles. The second-order valence-electron chi connectivity index (χ2n) is 2.02. The van der Waals surface area contributed by atoms with Crippen molar-refractivity contribution in [2.75, 3.05) is 6.16 Å². The third kappa shape index (κ3) is 2.78. The normalized spacial score (nSPS) is 12.1. The van der Waals surface area contributed by atoms with E-state index in [1.165, 1.54) is 11.5 Å². The Morgan fingerprint density at radius 3 is 2.50 bits per heavy atom. The second-order valence-corrected chi connectivity index (χ2v) is 5.72. The minimum atomic E-state index is 1.03. The average Bonchev–Trinajstić information content (AvgIpc) is 2.03. The van der Waals surface area contributed by atoms with Crippen molar-refractivity contribution >= 4 is 21.8 Å². The van der Waals surface area contributed by atoms with Gasteiger partial charge in [0.25, 0.3) is 0 Å². The van der Waals surface area contributed by atoms with Gasteiger partial charge in [-0.2, -0.15) is 0 Å². The summed E-state index contributed by atoms with van der Waals surface area (Å²) in [6, 6.07) is 10.7. The van der Waals surface area contributed by atoms with E-state index in [4.69, 9.17) is 0 Å². The highest BCUT2D eigenvalue weighted by Gasteiger charge is 1.86. The van der Waals surface area contributed by atoms with Gasteiger partial charge in [0.15, 0.2) is 0 Å². The smallest absolute Gasteiger partial charge is 0.0230 e. The van der Waals surface area contributed by atoms with Crippen molar-refractivity contribution in [3.8, 4) is 0 Å². The summed E-state index contributed by atoms with van der Waals surface area (Å²) in [5.41, 5.74) is 0. The van der Waals surface area contributed by atoms with Gasteiger partial charge in [-0.15, -0.1) is 0 Å². The van der Waals surface area contributed by atoms with E-state index in [-0.39, 0.29) is 0 Å². The molecule has 1 rings (SSSR count). The number of hydrogen-bond donors (Lipinski definition) is 0. The highest BCUT2D eigenvalue weighted by Crippen LogP contribution is 2.34. The van der Waals surface area contributed by atoms with E-state index in [2.05, 4.69) is 37.3 Å². The number of rotatable bonds is 3. The van der Waals surface area contributed by atoms with Crippen LogP contribution in [0, 0.1) is 0 Å². The monoisotopic (exact) mass is 170 g/mol. The van der Waals surface area contributed by atoms with Gasteiger partial charge in [0.2, 0.25) is 0 Å². The molecule has 0 heterocycles. The van der Waals surface area contributed by atoms with Crippen molar-refractivity contribution in [1.29, 1.82) is 0 Å². The molecule has 0 radical (unpaired) electrons. The molecule has 2 atom stereocenters. The summed E-state index contributed by atoms with van der Waals surface area (Å²) in [5, 5.41) is 1.50. The van der Waals surface area contributed by atoms with Gasteiger partial charge in [0.05, 0.1) is 0 Å². The fraction of sp³-hybridized carbons (Fsp3) is 0.250. The Morgan fingerprint density at radius 1 is 1.20 bits per heavy atom. The summed E-state index contributed by atoms with van der Waals surface area (Å²) >= 11 is 0. The Balaban J connectivity index is 2.43. The predicted octanol–water partition coefficient (Wildman–Crippen LogP) is 2.60. The quantitative estimate of drug-likeness (QED) is 0.611. The Hall–Kier alpha value is 0.0800. The lowest BCUT2D eigenvalue weighted by atomic mass is 10.4. The summed E-state index contributed by atoms with van der Waals surface area (Å²) in [7, 11) is 2.15. The molecule has 1 aromatic carbocycles. The molecule has 54 valence electrons. The van der Waals surface area contributed by atoms with E-state index in [9.17, 15) is 0 Å². The highest BCUT2D eigenvalue weighted by atomic mass is 32.0. The molecule has 0 saturated heterocycles. The first-order chi connectivity index (χ1) is 4.93. The first-order valence-electron chi connectivity index (χ1n) is 3.47. The summed E-state index contributed by atoms with van der Waals surface area (Å²) in [4.78, 5) is 0. The molecule has 10 heavy (non-hydrogen) atoms. The van der Waals surface area contributed by atoms with E-state index < -0.39 is 0 Å². The minimum Gasteiger partial charge on any atom is -0.0949 e. The third-order valence-electron chi connectivity index (χ3n) is 1.18. The molecule has 0 nitrogen and oxygen atoms in total. The molecule has 0 fully saturated rings. The zero-order valence-electron chi connectivity index (χ0n) is 6.09. The summed E-state index contributed by atoms with van der Waals surface area (Å²) < 4.78 is 0. The lowest BCUT2D eigenvalue weighted by molar-refractivity contribution is 1.53. The molecule has 0 aliphatic rings. The number of hydrogen-bond acceptors (Lipinski definition) is 0. The van der Waals surface area contributed by atoms with Crippen molar-refractivity contribution in [1.82, 2.24) is 0 Å². The maximum Gasteiger partial charge on any atom is -0.0230 e. The molecule has 0 aliphatic carbocycles. The Bertz CT molecular complexity index is 172. The maximum absolute atomic E-state index is 2.24. The predicted molar refractivity (Wildman–Crippen MR) is 53.2 cm³/mol. The lowest BCUT2D eigenvalue weighted by Crippen LogP contribution is -1.87. The topological polar surface area (TPSA) is 0 Å². The fourth-order valence-corrected chi connectivity index (χ4v) is 3.09. The molecule has 2 heteroatoms. The van der Waals surface area contributed by atoms with Gasteiger partial charge in [0.1, 0.15) is 0 Å². The first-order valence-corrected chi connectivity index (χ1v) is 6.68. The van der Waals surface area contributed by atoms with Crippen molar-refractivity contribution in [3.05, 3.63) is 30.3 Å².